The standard InChI is InChI=1S/2C15H21N3O2S.C4H4O4/c2*16-6-5-13-10-17-15-4-3-12(9-14(13)15)11-21(19,20)18-7-1-2-8-18;5-3(6)1-2-4(7)8/h2*3-4,9-10,17H,1-2,5-8,11,16H2;1-2H,(H,5,6)(H,7,8)/b;;2-1+. The summed E-state index contributed by atoms with van der Waals surface area (Å²) in [4.78, 5) is 25.5. The van der Waals surface area contributed by atoms with Crippen LogP contribution in [0.25, 0.3) is 21.8 Å². The Balaban J connectivity index is 0.000000186. The van der Waals surface area contributed by atoms with Gasteiger partial charge in [-0.15, -0.1) is 0 Å². The van der Waals surface area contributed by atoms with Crippen molar-refractivity contribution in [3.63, 3.8) is 0 Å². The van der Waals surface area contributed by atoms with Gasteiger partial charge in [0.25, 0.3) is 0 Å². The lowest BCUT2D eigenvalue weighted by Gasteiger charge is -2.15. The van der Waals surface area contributed by atoms with Crippen LogP contribution in [0.3, 0.4) is 0 Å². The van der Waals surface area contributed by atoms with Gasteiger partial charge in [-0.3, -0.25) is 0 Å². The zero-order valence-electron chi connectivity index (χ0n) is 27.9. The molecule has 2 aromatic heterocycles. The van der Waals surface area contributed by atoms with E-state index in [4.69, 9.17) is 21.7 Å². The van der Waals surface area contributed by atoms with Crippen molar-refractivity contribution in [3.05, 3.63) is 83.2 Å². The quantitative estimate of drug-likeness (QED) is 0.117. The second-order valence-electron chi connectivity index (χ2n) is 12.2. The molecule has 50 heavy (non-hydrogen) atoms. The molecule has 8 N–H and O–H groups in total. The molecule has 0 unspecified atom stereocenters. The number of nitrogens with two attached hydrogens (primary N) is 2. The molecule has 14 nitrogen and oxygen atoms in total. The number of carboxylic acid groups (broad SMARTS) is 2. The zero-order valence-corrected chi connectivity index (χ0v) is 29.5. The van der Waals surface area contributed by atoms with Crippen LogP contribution in [-0.4, -0.2) is 96.8 Å². The van der Waals surface area contributed by atoms with Crippen LogP contribution in [0.1, 0.15) is 47.9 Å². The molecular weight excluding hydrogens is 685 g/mol. The van der Waals surface area contributed by atoms with E-state index in [0.717, 1.165) is 82.6 Å². The predicted molar refractivity (Wildman–Crippen MR) is 193 cm³/mol. The van der Waals surface area contributed by atoms with E-state index in [1.165, 1.54) is 0 Å². The smallest absolute Gasteiger partial charge is 0.328 e. The number of aliphatic carboxylic acids is 2. The molecule has 0 amide bonds. The van der Waals surface area contributed by atoms with Gasteiger partial charge >= 0.3 is 11.9 Å². The summed E-state index contributed by atoms with van der Waals surface area (Å²) in [6.45, 7) is 3.81. The summed E-state index contributed by atoms with van der Waals surface area (Å²) in [5.74, 6) is -2.35. The van der Waals surface area contributed by atoms with E-state index in [1.54, 1.807) is 8.61 Å². The van der Waals surface area contributed by atoms with Crippen LogP contribution in [0.5, 0.6) is 0 Å². The van der Waals surface area contributed by atoms with Gasteiger partial charge in [-0.1, -0.05) is 12.1 Å². The second kappa shape index (κ2) is 17.7. The lowest BCUT2D eigenvalue weighted by atomic mass is 10.1. The third kappa shape index (κ3) is 10.7. The van der Waals surface area contributed by atoms with Crippen LogP contribution in [0.4, 0.5) is 0 Å². The maximum atomic E-state index is 12.4. The lowest BCUT2D eigenvalue weighted by molar-refractivity contribution is -0.134. The summed E-state index contributed by atoms with van der Waals surface area (Å²) >= 11 is 0. The van der Waals surface area contributed by atoms with Gasteiger partial charge in [-0.2, -0.15) is 0 Å². The van der Waals surface area contributed by atoms with Gasteiger partial charge in [0.2, 0.25) is 20.0 Å². The Kier molecular flexibility index (Phi) is 13.7. The molecule has 2 aromatic carbocycles. The van der Waals surface area contributed by atoms with E-state index in [2.05, 4.69) is 9.97 Å². The summed E-state index contributed by atoms with van der Waals surface area (Å²) in [5.41, 5.74) is 17.3. The number of hydrogen-bond donors (Lipinski definition) is 6. The predicted octanol–water partition coefficient (Wildman–Crippen LogP) is 2.90. The van der Waals surface area contributed by atoms with Crippen molar-refractivity contribution in [3.8, 4) is 0 Å². The second-order valence-corrected chi connectivity index (χ2v) is 16.1. The van der Waals surface area contributed by atoms with E-state index in [1.807, 2.05) is 48.8 Å². The molecule has 0 radical (unpaired) electrons. The number of nitrogens with one attached hydrogen (secondary N) is 2. The van der Waals surface area contributed by atoms with Crippen LogP contribution in [0.2, 0.25) is 0 Å². The molecule has 4 heterocycles. The normalized spacial score (nSPS) is 15.6. The molecule has 0 aliphatic carbocycles. The average molecular weight is 731 g/mol. The fourth-order valence-electron chi connectivity index (χ4n) is 6.03. The summed E-state index contributed by atoms with van der Waals surface area (Å²) in [6.07, 6.45) is 10.5. The molecule has 2 aliphatic rings. The third-order valence-electron chi connectivity index (χ3n) is 8.47. The van der Waals surface area contributed by atoms with Crippen LogP contribution < -0.4 is 11.5 Å². The molecule has 0 bridgehead atoms. The Morgan fingerprint density at radius 1 is 0.660 bits per heavy atom. The number of rotatable bonds is 12. The Morgan fingerprint density at radius 2 is 1.02 bits per heavy atom. The van der Waals surface area contributed by atoms with Crippen LogP contribution in [-0.2, 0) is 54.0 Å². The number of aromatic amines is 2. The topological polar surface area (TPSA) is 233 Å². The fraction of sp³-hybridized carbons (Fsp3) is 0.412. The van der Waals surface area contributed by atoms with Crippen molar-refractivity contribution in [2.75, 3.05) is 39.3 Å². The third-order valence-corrected chi connectivity index (χ3v) is 12.2. The van der Waals surface area contributed by atoms with Gasteiger partial charge in [0.15, 0.2) is 0 Å². The molecule has 2 aliphatic heterocycles. The highest BCUT2D eigenvalue weighted by Crippen LogP contribution is 2.25. The maximum absolute atomic E-state index is 12.4. The Morgan fingerprint density at radius 3 is 1.34 bits per heavy atom. The molecule has 2 fully saturated rings. The van der Waals surface area contributed by atoms with Crippen LogP contribution >= 0.6 is 0 Å². The summed E-state index contributed by atoms with van der Waals surface area (Å²) < 4.78 is 52.8. The van der Waals surface area contributed by atoms with Gasteiger partial charge in [0, 0.05) is 72.5 Å². The van der Waals surface area contributed by atoms with Gasteiger partial charge in [0.1, 0.15) is 0 Å². The highest BCUT2D eigenvalue weighted by Gasteiger charge is 2.26. The zero-order chi connectivity index (χ0) is 36.3. The Bertz CT molecular complexity index is 1870. The molecule has 2 saturated heterocycles. The first-order valence-electron chi connectivity index (χ1n) is 16.5. The molecular formula is C34H46N6O8S2. The number of nitrogens with zero attached hydrogens (tertiary/aromatic N) is 2. The van der Waals surface area contributed by atoms with Gasteiger partial charge in [-0.25, -0.2) is 35.0 Å². The van der Waals surface area contributed by atoms with Crippen LogP contribution in [0, 0.1) is 0 Å². The van der Waals surface area contributed by atoms with Crippen LogP contribution in [0.15, 0.2) is 60.9 Å². The van der Waals surface area contributed by atoms with Crippen molar-refractivity contribution in [2.24, 2.45) is 11.5 Å². The van der Waals surface area contributed by atoms with Crippen molar-refractivity contribution >= 4 is 53.8 Å². The number of fused-ring (bicyclic) bond motifs is 2. The number of carbonyl (C=O) groups is 2. The SMILES string of the molecule is NCCc1c[nH]c2ccc(CS(=O)(=O)N3CCCC3)cc12.NCCc1c[nH]c2ccc(CS(=O)(=O)N3CCCC3)cc12.O=C(O)/C=C/C(=O)O. The summed E-state index contributed by atoms with van der Waals surface area (Å²) in [6, 6.07) is 11.6. The molecule has 6 rings (SSSR count). The van der Waals surface area contributed by atoms with Crippen molar-refractivity contribution in [1.29, 1.82) is 0 Å². The first-order valence-corrected chi connectivity index (χ1v) is 19.7. The summed E-state index contributed by atoms with van der Waals surface area (Å²) in [5, 5.41) is 17.8. The first kappa shape index (κ1) is 38.7. The molecule has 0 saturated carbocycles. The monoisotopic (exact) mass is 730 g/mol. The fourth-order valence-corrected chi connectivity index (χ4v) is 9.23. The van der Waals surface area contributed by atoms with Gasteiger partial charge in [0.05, 0.1) is 11.5 Å². The molecule has 4 aromatic rings. The first-order chi connectivity index (χ1) is 23.8. The lowest BCUT2D eigenvalue weighted by Crippen LogP contribution is -2.29. The highest BCUT2D eigenvalue weighted by atomic mass is 32.2. The highest BCUT2D eigenvalue weighted by molar-refractivity contribution is 7.88. The molecule has 16 heteroatoms. The van der Waals surface area contributed by atoms with E-state index < -0.39 is 32.0 Å². The Labute approximate surface area is 292 Å². The van der Waals surface area contributed by atoms with E-state index in [9.17, 15) is 26.4 Å². The summed E-state index contributed by atoms with van der Waals surface area (Å²) in [7, 11) is -6.38. The minimum absolute atomic E-state index is 0.0795. The van der Waals surface area contributed by atoms with E-state index in [-0.39, 0.29) is 11.5 Å². The number of benzene rings is 2. The number of hydrogen-bond acceptors (Lipinski definition) is 8. The van der Waals surface area contributed by atoms with E-state index >= 15 is 0 Å². The van der Waals surface area contributed by atoms with Crippen molar-refractivity contribution < 1.29 is 36.6 Å². The van der Waals surface area contributed by atoms with Gasteiger partial charge < -0.3 is 31.6 Å². The average Bonchev–Trinajstić information content (AvgIpc) is 3.90. The van der Waals surface area contributed by atoms with Crippen molar-refractivity contribution in [1.82, 2.24) is 18.6 Å². The minimum Gasteiger partial charge on any atom is -0.478 e. The van der Waals surface area contributed by atoms with Crippen molar-refractivity contribution in [2.45, 2.75) is 50.0 Å². The maximum Gasteiger partial charge on any atom is 0.328 e. The largest absolute Gasteiger partial charge is 0.478 e. The molecule has 0 atom stereocenters. The number of aromatic nitrogens is 2. The molecule has 272 valence electrons. The Hall–Kier alpha value is -4.06. The van der Waals surface area contributed by atoms with E-state index in [0.29, 0.717) is 51.4 Å². The minimum atomic E-state index is -3.19. The number of H-pyrrole nitrogens is 2. The number of sulfonamides is 2. The number of carboxylic acids is 2. The molecule has 0 spiro atoms. The van der Waals surface area contributed by atoms with Gasteiger partial charge in [-0.05, 0) is 98.1 Å².